The van der Waals surface area contributed by atoms with Gasteiger partial charge < -0.3 is 18.9 Å². The third kappa shape index (κ3) is 10.6. The molecule has 0 radical (unpaired) electrons. The van der Waals surface area contributed by atoms with Crippen molar-refractivity contribution in [2.24, 2.45) is 0 Å². The third-order valence-corrected chi connectivity index (χ3v) is 13.3. The van der Waals surface area contributed by atoms with E-state index in [0.717, 1.165) is 0 Å². The standard InChI is InChI=1S/C58H22F28O4/c1-3-29-33(59)41(67)47(73)49(35(29)61)87-25-13-5-21(6-14-25)53(55(75,76)77,56(78,79)80)23-9-17-27(18-10-23)89-51-43(69)37(63)31(38(64)44(51)70)32-39(65)45(71)52(46(72)40(32)66)90-28-19-11-24(12-20-28)54(57(81,82)83,58(84,85)86)22-7-15-26(16-8-22)88-50-36(62)30(4-2)34(60)42(68)48(50)74/h3-20H,1-2H2. The summed E-state index contributed by atoms with van der Waals surface area (Å²) in [7, 11) is 0. The number of hydrogen-bond donors (Lipinski definition) is 0. The molecule has 32 heteroatoms. The smallest absolute Gasteiger partial charge is 0.411 e. The molecular weight excluding hydrogens is 1290 g/mol. The zero-order valence-corrected chi connectivity index (χ0v) is 43.0. The number of rotatable bonds is 15. The van der Waals surface area contributed by atoms with E-state index < -0.39 is 219 Å². The first kappa shape index (κ1) is 66.4. The van der Waals surface area contributed by atoms with Crippen molar-refractivity contribution < 1.29 is 142 Å². The summed E-state index contributed by atoms with van der Waals surface area (Å²) in [5.41, 5.74) is -25.3. The molecule has 4 nitrogen and oxygen atoms in total. The molecule has 0 spiro atoms. The Bertz CT molecular complexity index is 3800. The minimum atomic E-state index is -6.44. The maximum absolute atomic E-state index is 15.7. The molecule has 0 N–H and O–H groups in total. The second-order valence-corrected chi connectivity index (χ2v) is 18.3. The van der Waals surface area contributed by atoms with E-state index in [9.17, 15) is 87.8 Å². The highest BCUT2D eigenvalue weighted by atomic mass is 19.4. The van der Waals surface area contributed by atoms with E-state index in [0.29, 0.717) is 12.2 Å². The van der Waals surface area contributed by atoms with Gasteiger partial charge in [0.25, 0.3) is 0 Å². The van der Waals surface area contributed by atoms with Gasteiger partial charge in [-0.15, -0.1) is 0 Å². The molecule has 0 saturated heterocycles. The first-order chi connectivity index (χ1) is 41.8. The number of ether oxygens (including phenoxy) is 4. The summed E-state index contributed by atoms with van der Waals surface area (Å²) in [5, 5.41) is 0. The van der Waals surface area contributed by atoms with Crippen LogP contribution in [0.1, 0.15) is 33.4 Å². The predicted molar refractivity (Wildman–Crippen MR) is 256 cm³/mol. The SMILES string of the molecule is C=Cc1c(F)c(F)c(F)c(Oc2ccc(C(c3ccc(Oc4c(F)c(F)c(-c5c(F)c(F)c(Oc6ccc(C(c7ccc(Oc8c(F)c(F)c(F)c(C=C)c8F)cc7)(C(F)(F)F)C(F)(F)F)cc6)c(F)c5F)c(F)c4F)cc3)(C(F)(F)F)C(F)(F)F)cc2)c1F. The van der Waals surface area contributed by atoms with E-state index in [4.69, 9.17) is 9.47 Å². The van der Waals surface area contributed by atoms with Crippen LogP contribution in [-0.2, 0) is 10.8 Å². The topological polar surface area (TPSA) is 36.9 Å². The van der Waals surface area contributed by atoms with E-state index in [1.165, 1.54) is 0 Å². The van der Waals surface area contributed by atoms with Gasteiger partial charge in [-0.25, -0.2) is 43.9 Å². The van der Waals surface area contributed by atoms with Crippen molar-refractivity contribution in [3.63, 3.8) is 0 Å². The number of benzene rings is 8. The maximum atomic E-state index is 15.7. The van der Waals surface area contributed by atoms with Crippen molar-refractivity contribution in [1.29, 1.82) is 0 Å². The zero-order valence-electron chi connectivity index (χ0n) is 43.0. The van der Waals surface area contributed by atoms with Gasteiger partial charge in [-0.3, -0.25) is 0 Å². The molecule has 8 aromatic carbocycles. The van der Waals surface area contributed by atoms with Crippen LogP contribution in [-0.4, -0.2) is 24.7 Å². The molecule has 0 aliphatic heterocycles. The minimum Gasteiger partial charge on any atom is -0.451 e. The van der Waals surface area contributed by atoms with Gasteiger partial charge >= 0.3 is 24.7 Å². The first-order valence-electron chi connectivity index (χ1n) is 23.9. The Morgan fingerprint density at radius 1 is 0.233 bits per heavy atom. The van der Waals surface area contributed by atoms with Gasteiger partial charge in [0.1, 0.15) is 23.0 Å². The van der Waals surface area contributed by atoms with Crippen molar-refractivity contribution in [2.75, 3.05) is 0 Å². The van der Waals surface area contributed by atoms with Crippen LogP contribution in [0.15, 0.2) is 110 Å². The zero-order chi connectivity index (χ0) is 67.0. The Labute approximate surface area is 482 Å². The molecular formula is C58H22F28O4. The summed E-state index contributed by atoms with van der Waals surface area (Å²) >= 11 is 0. The van der Waals surface area contributed by atoms with Crippen LogP contribution in [0.3, 0.4) is 0 Å². The van der Waals surface area contributed by atoms with Crippen molar-refractivity contribution in [3.05, 3.63) is 237 Å². The minimum absolute atomic E-state index is 0.0525. The van der Waals surface area contributed by atoms with Gasteiger partial charge in [0, 0.05) is 0 Å². The van der Waals surface area contributed by atoms with E-state index in [1.54, 1.807) is 0 Å². The van der Waals surface area contributed by atoms with E-state index in [-0.39, 0.29) is 97.1 Å². The molecule has 8 aromatic rings. The van der Waals surface area contributed by atoms with E-state index in [1.807, 2.05) is 0 Å². The molecule has 90 heavy (non-hydrogen) atoms. The summed E-state index contributed by atoms with van der Waals surface area (Å²) in [6.45, 7) is 5.96. The van der Waals surface area contributed by atoms with Gasteiger partial charge in [0.2, 0.25) is 68.7 Å². The molecule has 0 aliphatic rings. The Morgan fingerprint density at radius 2 is 0.411 bits per heavy atom. The largest absolute Gasteiger partial charge is 0.451 e. The fraction of sp³-hybridized carbons (Fsp3) is 0.103. The normalized spacial score (nSPS) is 12.5. The molecule has 0 saturated carbocycles. The molecule has 8 rings (SSSR count). The van der Waals surface area contributed by atoms with Gasteiger partial charge in [-0.2, -0.15) is 79.0 Å². The molecule has 0 aliphatic carbocycles. The molecule has 0 fully saturated rings. The summed E-state index contributed by atoms with van der Waals surface area (Å²) in [4.78, 5) is 0. The lowest BCUT2D eigenvalue weighted by atomic mass is 9.73. The van der Waals surface area contributed by atoms with E-state index in [2.05, 4.69) is 22.6 Å². The molecule has 474 valence electrons. The van der Waals surface area contributed by atoms with Crippen LogP contribution in [0.4, 0.5) is 123 Å². The van der Waals surface area contributed by atoms with Gasteiger partial charge in [0.15, 0.2) is 58.2 Å². The fourth-order valence-electron chi connectivity index (χ4n) is 9.16. The monoisotopic (exact) mass is 1310 g/mol. The molecule has 0 aromatic heterocycles. The Morgan fingerprint density at radius 3 is 0.589 bits per heavy atom. The Balaban J connectivity index is 1.08. The molecule has 0 atom stereocenters. The lowest BCUT2D eigenvalue weighted by molar-refractivity contribution is -0.290. The predicted octanol–water partition coefficient (Wildman–Crippen LogP) is 20.9. The van der Waals surface area contributed by atoms with Crippen molar-refractivity contribution in [3.8, 4) is 57.1 Å². The highest BCUT2D eigenvalue weighted by molar-refractivity contribution is 5.70. The number of hydrogen-bond acceptors (Lipinski definition) is 4. The lowest BCUT2D eigenvalue weighted by Crippen LogP contribution is -2.54. The second-order valence-electron chi connectivity index (χ2n) is 18.3. The summed E-state index contributed by atoms with van der Waals surface area (Å²) in [5.74, 6) is -53.5. The summed E-state index contributed by atoms with van der Waals surface area (Å²) in [6, 6.07) is 1.37. The van der Waals surface area contributed by atoms with Crippen LogP contribution in [0.25, 0.3) is 23.3 Å². The average Bonchev–Trinajstić information content (AvgIpc) is 0.790. The third-order valence-electron chi connectivity index (χ3n) is 13.3. The van der Waals surface area contributed by atoms with Gasteiger partial charge in [-0.05, 0) is 70.8 Å². The second kappa shape index (κ2) is 23.5. The van der Waals surface area contributed by atoms with E-state index >= 15 is 35.1 Å². The highest BCUT2D eigenvalue weighted by Crippen LogP contribution is 2.59. The Hall–Kier alpha value is -9.52. The molecule has 0 amide bonds. The fourth-order valence-corrected chi connectivity index (χ4v) is 9.16. The molecule has 0 bridgehead atoms. The lowest BCUT2D eigenvalue weighted by Gasteiger charge is -2.38. The molecule has 0 heterocycles. The van der Waals surface area contributed by atoms with Gasteiger partial charge in [0.05, 0.1) is 22.3 Å². The van der Waals surface area contributed by atoms with Crippen LogP contribution >= 0.6 is 0 Å². The Kier molecular flexibility index (Phi) is 17.3. The van der Waals surface area contributed by atoms with Crippen LogP contribution in [0, 0.1) is 93.1 Å². The quantitative estimate of drug-likeness (QED) is 0.0582. The molecule has 0 unspecified atom stereocenters. The van der Waals surface area contributed by atoms with Crippen LogP contribution in [0.5, 0.6) is 46.0 Å². The van der Waals surface area contributed by atoms with Crippen molar-refractivity contribution in [2.45, 2.75) is 35.5 Å². The summed E-state index contributed by atoms with van der Waals surface area (Å²) < 4.78 is 437. The van der Waals surface area contributed by atoms with Crippen molar-refractivity contribution >= 4 is 12.2 Å². The first-order valence-corrected chi connectivity index (χ1v) is 23.9. The number of halogens is 28. The summed E-state index contributed by atoms with van der Waals surface area (Å²) in [6.07, 6.45) is -25.0. The van der Waals surface area contributed by atoms with Gasteiger partial charge in [-0.1, -0.05) is 73.8 Å². The number of alkyl halides is 12. The van der Waals surface area contributed by atoms with Crippen LogP contribution < -0.4 is 18.9 Å². The van der Waals surface area contributed by atoms with Crippen LogP contribution in [0.2, 0.25) is 0 Å². The van der Waals surface area contributed by atoms with Crippen molar-refractivity contribution in [1.82, 2.24) is 0 Å². The average molecular weight is 1310 g/mol. The highest BCUT2D eigenvalue weighted by Gasteiger charge is 2.74. The maximum Gasteiger partial charge on any atom is 0.411 e.